The van der Waals surface area contributed by atoms with Crippen molar-refractivity contribution in [2.24, 2.45) is 0 Å². The number of anilines is 1. The molecule has 2 aromatic carbocycles. The fourth-order valence-electron chi connectivity index (χ4n) is 4.21. The van der Waals surface area contributed by atoms with Crippen molar-refractivity contribution in [1.82, 2.24) is 18.9 Å². The van der Waals surface area contributed by atoms with Gasteiger partial charge in [0.2, 0.25) is 10.0 Å². The number of nitrogens with one attached hydrogen (secondary N) is 2. The summed E-state index contributed by atoms with van der Waals surface area (Å²) in [5.41, 5.74) is 1.06. The van der Waals surface area contributed by atoms with E-state index in [1.54, 1.807) is 36.4 Å². The first kappa shape index (κ1) is 21.4. The summed E-state index contributed by atoms with van der Waals surface area (Å²) < 4.78 is 29.2. The van der Waals surface area contributed by atoms with Crippen molar-refractivity contribution >= 4 is 38.2 Å². The molecule has 1 amide bonds. The highest BCUT2D eigenvalue weighted by Gasteiger charge is 2.25. The molecule has 2 N–H and O–H groups in total. The molecule has 1 fully saturated rings. The van der Waals surface area contributed by atoms with E-state index >= 15 is 0 Å². The zero-order chi connectivity index (χ0) is 23.0. The van der Waals surface area contributed by atoms with E-state index in [1.165, 1.54) is 27.2 Å². The normalized spacial score (nSPS) is 15.5. The molecule has 0 atom stereocenters. The third-order valence-electron chi connectivity index (χ3n) is 5.92. The quantitative estimate of drug-likeness (QED) is 0.481. The van der Waals surface area contributed by atoms with Crippen LogP contribution < -0.4 is 10.9 Å². The fraction of sp³-hybridized carbons (Fsp3) is 0.261. The first-order chi connectivity index (χ1) is 15.9. The molecule has 0 radical (unpaired) electrons. The number of benzene rings is 2. The summed E-state index contributed by atoms with van der Waals surface area (Å²) in [4.78, 5) is 28.3. The van der Waals surface area contributed by atoms with Gasteiger partial charge in [-0.3, -0.25) is 9.59 Å². The summed E-state index contributed by atoms with van der Waals surface area (Å²) in [5, 5.41) is 7.46. The maximum atomic E-state index is 13.1. The van der Waals surface area contributed by atoms with Gasteiger partial charge in [0, 0.05) is 18.8 Å². The first-order valence-electron chi connectivity index (χ1n) is 10.9. The summed E-state index contributed by atoms with van der Waals surface area (Å²) in [6.45, 7) is 1.01. The van der Waals surface area contributed by atoms with Crippen LogP contribution in [0, 0.1) is 0 Å². The number of hydrogen-bond acceptors (Lipinski definition) is 5. The third-order valence-corrected chi connectivity index (χ3v) is 7.81. The molecular weight excluding hydrogens is 442 g/mol. The Labute approximate surface area is 190 Å². The Morgan fingerprint density at radius 1 is 1.00 bits per heavy atom. The molecule has 10 heteroatoms. The number of nitrogens with zero attached hydrogens (tertiary/aromatic N) is 3. The van der Waals surface area contributed by atoms with Gasteiger partial charge < -0.3 is 10.3 Å². The number of fused-ring (bicyclic) bond motifs is 3. The Hall–Kier alpha value is -3.50. The van der Waals surface area contributed by atoms with E-state index in [0.717, 1.165) is 25.7 Å². The minimum absolute atomic E-state index is 0.140. The number of para-hydroxylation sites is 1. The second-order valence-corrected chi connectivity index (χ2v) is 10.0. The monoisotopic (exact) mass is 465 g/mol. The number of aromatic amines is 1. The van der Waals surface area contributed by atoms with Gasteiger partial charge in [0.25, 0.3) is 11.5 Å². The van der Waals surface area contributed by atoms with Crippen LogP contribution in [0.15, 0.2) is 64.4 Å². The van der Waals surface area contributed by atoms with Crippen molar-refractivity contribution in [1.29, 1.82) is 0 Å². The molecule has 0 aliphatic carbocycles. The number of H-pyrrole nitrogens is 1. The number of sulfonamides is 1. The SMILES string of the molecule is O=C(Nc1cccc(S(=O)(=O)N2CCCCCC2)c1)c1cnn2c1[nH]c(=O)c1ccccc12. The van der Waals surface area contributed by atoms with Gasteiger partial charge in [-0.2, -0.15) is 9.40 Å². The Kier molecular flexibility index (Phi) is 5.47. The van der Waals surface area contributed by atoms with Crippen LogP contribution in [0.25, 0.3) is 16.6 Å². The molecule has 3 heterocycles. The summed E-state index contributed by atoms with van der Waals surface area (Å²) in [6.07, 6.45) is 5.12. The zero-order valence-electron chi connectivity index (χ0n) is 17.8. The summed E-state index contributed by atoms with van der Waals surface area (Å²) in [7, 11) is -3.64. The van der Waals surface area contributed by atoms with E-state index in [1.807, 2.05) is 0 Å². The molecule has 9 nitrogen and oxygen atoms in total. The Morgan fingerprint density at radius 2 is 1.76 bits per heavy atom. The van der Waals surface area contributed by atoms with Crippen LogP contribution in [0.3, 0.4) is 0 Å². The van der Waals surface area contributed by atoms with Crippen molar-refractivity contribution < 1.29 is 13.2 Å². The van der Waals surface area contributed by atoms with Crippen LogP contribution in [-0.2, 0) is 10.0 Å². The second kappa shape index (κ2) is 8.45. The molecule has 1 aliphatic rings. The van der Waals surface area contributed by atoms with Crippen LogP contribution in [-0.4, -0.2) is 46.3 Å². The minimum atomic E-state index is -3.64. The fourth-order valence-corrected chi connectivity index (χ4v) is 5.77. The van der Waals surface area contributed by atoms with Crippen molar-refractivity contribution in [3.63, 3.8) is 0 Å². The molecule has 0 spiro atoms. The van der Waals surface area contributed by atoms with Gasteiger partial charge in [-0.05, 0) is 43.2 Å². The van der Waals surface area contributed by atoms with Crippen LogP contribution >= 0.6 is 0 Å². The van der Waals surface area contributed by atoms with Gasteiger partial charge in [-0.15, -0.1) is 0 Å². The summed E-state index contributed by atoms with van der Waals surface area (Å²) in [5.74, 6) is -0.500. The van der Waals surface area contributed by atoms with Gasteiger partial charge in [0.15, 0.2) is 0 Å². The lowest BCUT2D eigenvalue weighted by Crippen LogP contribution is -2.32. The average molecular weight is 466 g/mol. The Bertz CT molecular complexity index is 1510. The topological polar surface area (TPSA) is 117 Å². The number of hydrogen-bond donors (Lipinski definition) is 2. The molecule has 0 bridgehead atoms. The molecule has 170 valence electrons. The van der Waals surface area contributed by atoms with E-state index < -0.39 is 15.9 Å². The Balaban J connectivity index is 1.45. The van der Waals surface area contributed by atoms with Crippen LogP contribution in [0.1, 0.15) is 36.0 Å². The zero-order valence-corrected chi connectivity index (χ0v) is 18.6. The number of aromatic nitrogens is 3. The third kappa shape index (κ3) is 3.91. The molecule has 0 saturated carbocycles. The van der Waals surface area contributed by atoms with Crippen molar-refractivity contribution in [2.75, 3.05) is 18.4 Å². The standard InChI is InChI=1S/C23H23N5O4S/c29-22-18-10-3-4-11-20(18)28-21(26-22)19(15-24-28)23(30)25-16-8-7-9-17(14-16)33(31,32)27-12-5-1-2-6-13-27/h3-4,7-11,14-15H,1-2,5-6,12-13H2,(H,25,30)(H,26,29). The maximum absolute atomic E-state index is 13.1. The van der Waals surface area contributed by atoms with E-state index in [-0.39, 0.29) is 21.7 Å². The minimum Gasteiger partial charge on any atom is -0.322 e. The molecule has 2 aromatic heterocycles. The van der Waals surface area contributed by atoms with Crippen LogP contribution in [0.4, 0.5) is 5.69 Å². The van der Waals surface area contributed by atoms with E-state index in [2.05, 4.69) is 15.4 Å². The van der Waals surface area contributed by atoms with Crippen LogP contribution in [0.2, 0.25) is 0 Å². The van der Waals surface area contributed by atoms with Gasteiger partial charge in [-0.1, -0.05) is 31.0 Å². The van der Waals surface area contributed by atoms with E-state index in [4.69, 9.17) is 0 Å². The van der Waals surface area contributed by atoms with Gasteiger partial charge in [-0.25, -0.2) is 12.9 Å². The predicted molar refractivity (Wildman–Crippen MR) is 125 cm³/mol. The summed E-state index contributed by atoms with van der Waals surface area (Å²) >= 11 is 0. The lowest BCUT2D eigenvalue weighted by atomic mass is 10.2. The highest BCUT2D eigenvalue weighted by molar-refractivity contribution is 7.89. The highest BCUT2D eigenvalue weighted by atomic mass is 32.2. The molecule has 1 saturated heterocycles. The number of carbonyl (C=O) groups excluding carboxylic acids is 1. The number of amides is 1. The van der Waals surface area contributed by atoms with Crippen molar-refractivity contribution in [2.45, 2.75) is 30.6 Å². The molecular formula is C23H23N5O4S. The molecule has 5 rings (SSSR count). The van der Waals surface area contributed by atoms with Gasteiger partial charge in [0.1, 0.15) is 11.2 Å². The van der Waals surface area contributed by atoms with Gasteiger partial charge in [0.05, 0.1) is 22.0 Å². The molecule has 0 unspecified atom stereocenters. The predicted octanol–water partition coefficient (Wildman–Crippen LogP) is 2.99. The number of carbonyl (C=O) groups is 1. The smallest absolute Gasteiger partial charge is 0.261 e. The lowest BCUT2D eigenvalue weighted by molar-refractivity contribution is 0.102. The Morgan fingerprint density at radius 3 is 2.55 bits per heavy atom. The number of rotatable bonds is 4. The second-order valence-electron chi connectivity index (χ2n) is 8.09. The van der Waals surface area contributed by atoms with E-state index in [0.29, 0.717) is 29.7 Å². The first-order valence-corrected chi connectivity index (χ1v) is 12.3. The maximum Gasteiger partial charge on any atom is 0.261 e. The average Bonchev–Trinajstić information content (AvgIpc) is 3.04. The molecule has 1 aliphatic heterocycles. The van der Waals surface area contributed by atoms with Crippen molar-refractivity contribution in [3.8, 4) is 0 Å². The van der Waals surface area contributed by atoms with Crippen molar-refractivity contribution in [3.05, 3.63) is 70.6 Å². The largest absolute Gasteiger partial charge is 0.322 e. The van der Waals surface area contributed by atoms with E-state index in [9.17, 15) is 18.0 Å². The molecule has 4 aromatic rings. The lowest BCUT2D eigenvalue weighted by Gasteiger charge is -2.20. The highest BCUT2D eigenvalue weighted by Crippen LogP contribution is 2.23. The molecule has 33 heavy (non-hydrogen) atoms. The van der Waals surface area contributed by atoms with Crippen LogP contribution in [0.5, 0.6) is 0 Å². The van der Waals surface area contributed by atoms with Gasteiger partial charge >= 0.3 is 0 Å². The summed E-state index contributed by atoms with van der Waals surface area (Å²) in [6, 6.07) is 13.2.